The van der Waals surface area contributed by atoms with Crippen LogP contribution >= 0.6 is 0 Å². The summed E-state index contributed by atoms with van der Waals surface area (Å²) in [4.78, 5) is 4.33. The smallest absolute Gasteiger partial charge is 0.141 e. The molecular formula is C13H24N4. The number of nitrogens with one attached hydrogen (secondary N) is 2. The Morgan fingerprint density at radius 3 is 2.59 bits per heavy atom. The van der Waals surface area contributed by atoms with Gasteiger partial charge in [0.05, 0.1) is 6.04 Å². The van der Waals surface area contributed by atoms with Crippen molar-refractivity contribution in [3.05, 3.63) is 12.2 Å². The van der Waals surface area contributed by atoms with Gasteiger partial charge in [0, 0.05) is 0 Å². The zero-order valence-electron chi connectivity index (χ0n) is 11.1. The molecule has 2 rings (SSSR count). The molecule has 96 valence electrons. The summed E-state index contributed by atoms with van der Waals surface area (Å²) in [5.41, 5.74) is 0. The van der Waals surface area contributed by atoms with Gasteiger partial charge in [-0.2, -0.15) is 5.10 Å². The molecule has 4 heteroatoms. The predicted molar refractivity (Wildman–Crippen MR) is 68.5 cm³/mol. The summed E-state index contributed by atoms with van der Waals surface area (Å²) in [7, 11) is 0. The summed E-state index contributed by atoms with van der Waals surface area (Å²) < 4.78 is 0. The van der Waals surface area contributed by atoms with Crippen LogP contribution in [0.2, 0.25) is 0 Å². The van der Waals surface area contributed by atoms with Crippen LogP contribution in [0.15, 0.2) is 6.33 Å². The molecule has 0 amide bonds. The van der Waals surface area contributed by atoms with Crippen LogP contribution in [0, 0.1) is 17.8 Å². The van der Waals surface area contributed by atoms with Gasteiger partial charge in [0.15, 0.2) is 0 Å². The minimum Gasteiger partial charge on any atom is -0.307 e. The zero-order chi connectivity index (χ0) is 12.3. The second kappa shape index (κ2) is 5.63. The normalized spacial score (nSPS) is 31.4. The second-order valence-corrected chi connectivity index (χ2v) is 5.58. The third-order valence-corrected chi connectivity index (χ3v) is 3.84. The number of nitrogens with zero attached hydrogens (tertiary/aromatic N) is 2. The fraction of sp³-hybridized carbons (Fsp3) is 0.846. The minimum atomic E-state index is 0.340. The van der Waals surface area contributed by atoms with E-state index in [-0.39, 0.29) is 0 Å². The van der Waals surface area contributed by atoms with Crippen molar-refractivity contribution >= 4 is 0 Å². The molecule has 1 fully saturated rings. The van der Waals surface area contributed by atoms with Crippen LogP contribution < -0.4 is 5.32 Å². The van der Waals surface area contributed by atoms with Crippen molar-refractivity contribution in [2.45, 2.75) is 46.1 Å². The van der Waals surface area contributed by atoms with E-state index in [1.807, 2.05) is 0 Å². The second-order valence-electron chi connectivity index (χ2n) is 5.58. The van der Waals surface area contributed by atoms with E-state index < -0.39 is 0 Å². The lowest BCUT2D eigenvalue weighted by molar-refractivity contribution is 0.173. The van der Waals surface area contributed by atoms with Crippen LogP contribution in [0.3, 0.4) is 0 Å². The molecule has 3 atom stereocenters. The van der Waals surface area contributed by atoms with Crippen molar-refractivity contribution < 1.29 is 0 Å². The van der Waals surface area contributed by atoms with Gasteiger partial charge in [0.2, 0.25) is 0 Å². The Hall–Kier alpha value is -0.900. The van der Waals surface area contributed by atoms with Gasteiger partial charge >= 0.3 is 0 Å². The van der Waals surface area contributed by atoms with Crippen molar-refractivity contribution in [3.63, 3.8) is 0 Å². The molecule has 0 aliphatic heterocycles. The summed E-state index contributed by atoms with van der Waals surface area (Å²) in [6.07, 6.45) is 5.56. The molecule has 1 heterocycles. The molecule has 0 aromatic carbocycles. The first-order valence-corrected chi connectivity index (χ1v) is 6.79. The largest absolute Gasteiger partial charge is 0.307 e. The van der Waals surface area contributed by atoms with Crippen LogP contribution in [0.5, 0.6) is 0 Å². The summed E-state index contributed by atoms with van der Waals surface area (Å²) in [5.74, 6) is 3.33. The number of aromatic amines is 1. The Morgan fingerprint density at radius 1 is 1.35 bits per heavy atom. The van der Waals surface area contributed by atoms with Crippen molar-refractivity contribution in [2.75, 3.05) is 6.54 Å². The molecule has 1 aliphatic rings. The first-order chi connectivity index (χ1) is 8.20. The van der Waals surface area contributed by atoms with Gasteiger partial charge in [-0.25, -0.2) is 4.98 Å². The average Bonchev–Trinajstić information content (AvgIpc) is 2.77. The van der Waals surface area contributed by atoms with Gasteiger partial charge < -0.3 is 5.32 Å². The molecular weight excluding hydrogens is 212 g/mol. The fourth-order valence-electron chi connectivity index (χ4n) is 3.35. The molecule has 4 nitrogen and oxygen atoms in total. The van der Waals surface area contributed by atoms with Crippen LogP contribution in [0.4, 0.5) is 0 Å². The summed E-state index contributed by atoms with van der Waals surface area (Å²) in [6, 6.07) is 0.340. The average molecular weight is 236 g/mol. The molecule has 0 radical (unpaired) electrons. The molecule has 1 aromatic rings. The highest BCUT2D eigenvalue weighted by atomic mass is 15.2. The maximum atomic E-state index is 4.33. The van der Waals surface area contributed by atoms with E-state index in [4.69, 9.17) is 0 Å². The number of aromatic nitrogens is 3. The Balaban J connectivity index is 2.10. The number of hydrogen-bond acceptors (Lipinski definition) is 3. The fourth-order valence-corrected chi connectivity index (χ4v) is 3.35. The Kier molecular flexibility index (Phi) is 4.15. The first-order valence-electron chi connectivity index (χ1n) is 6.79. The van der Waals surface area contributed by atoms with Crippen LogP contribution in [-0.2, 0) is 0 Å². The van der Waals surface area contributed by atoms with Crippen molar-refractivity contribution in [2.24, 2.45) is 17.8 Å². The lowest BCUT2D eigenvalue weighted by Gasteiger charge is -2.35. The van der Waals surface area contributed by atoms with Gasteiger partial charge in [-0.15, -0.1) is 0 Å². The van der Waals surface area contributed by atoms with E-state index in [1.54, 1.807) is 6.33 Å². The third-order valence-electron chi connectivity index (χ3n) is 3.84. The van der Waals surface area contributed by atoms with Crippen LogP contribution in [-0.4, -0.2) is 21.7 Å². The zero-order valence-corrected chi connectivity index (χ0v) is 11.1. The van der Waals surface area contributed by atoms with Crippen molar-refractivity contribution in [1.82, 2.24) is 20.5 Å². The topological polar surface area (TPSA) is 53.6 Å². The van der Waals surface area contributed by atoms with Crippen molar-refractivity contribution in [1.29, 1.82) is 0 Å². The number of H-pyrrole nitrogens is 1. The monoisotopic (exact) mass is 236 g/mol. The highest BCUT2D eigenvalue weighted by Gasteiger charge is 2.31. The lowest BCUT2D eigenvalue weighted by atomic mass is 9.73. The van der Waals surface area contributed by atoms with Crippen LogP contribution in [0.25, 0.3) is 0 Å². The van der Waals surface area contributed by atoms with E-state index in [0.29, 0.717) is 12.0 Å². The Labute approximate surface area is 104 Å². The lowest BCUT2D eigenvalue weighted by Crippen LogP contribution is -2.34. The summed E-state index contributed by atoms with van der Waals surface area (Å²) >= 11 is 0. The van der Waals surface area contributed by atoms with Gasteiger partial charge in [-0.1, -0.05) is 20.8 Å². The first kappa shape index (κ1) is 12.6. The van der Waals surface area contributed by atoms with Crippen LogP contribution in [0.1, 0.15) is 51.9 Å². The van der Waals surface area contributed by atoms with E-state index in [2.05, 4.69) is 41.3 Å². The summed E-state index contributed by atoms with van der Waals surface area (Å²) in [6.45, 7) is 7.86. The maximum absolute atomic E-state index is 4.33. The van der Waals surface area contributed by atoms with Gasteiger partial charge in [-0.05, 0) is 43.6 Å². The molecule has 3 unspecified atom stereocenters. The maximum Gasteiger partial charge on any atom is 0.141 e. The van der Waals surface area contributed by atoms with Crippen molar-refractivity contribution in [3.8, 4) is 0 Å². The standard InChI is InChI=1S/C13H24N4/c1-4-14-12(13-15-8-16-17-13)11-6-9(2)5-10(3)7-11/h8-12,14H,4-7H2,1-3H3,(H,15,16,17). The van der Waals surface area contributed by atoms with E-state index in [0.717, 1.165) is 24.2 Å². The van der Waals surface area contributed by atoms with Gasteiger partial charge in [0.1, 0.15) is 12.2 Å². The molecule has 1 aromatic heterocycles. The highest BCUT2D eigenvalue weighted by Crippen LogP contribution is 2.38. The number of rotatable bonds is 4. The molecule has 17 heavy (non-hydrogen) atoms. The van der Waals surface area contributed by atoms with E-state index in [9.17, 15) is 0 Å². The van der Waals surface area contributed by atoms with Gasteiger partial charge in [0.25, 0.3) is 0 Å². The molecule has 1 aliphatic carbocycles. The Morgan fingerprint density at radius 2 is 2.06 bits per heavy atom. The molecule has 1 saturated carbocycles. The predicted octanol–water partition coefficient (Wildman–Crippen LogP) is 2.53. The third kappa shape index (κ3) is 3.06. The molecule has 2 N–H and O–H groups in total. The quantitative estimate of drug-likeness (QED) is 0.844. The molecule has 0 spiro atoms. The van der Waals surface area contributed by atoms with E-state index in [1.165, 1.54) is 19.3 Å². The van der Waals surface area contributed by atoms with E-state index >= 15 is 0 Å². The summed E-state index contributed by atoms with van der Waals surface area (Å²) in [5, 5.41) is 10.6. The molecule has 0 saturated heterocycles. The number of hydrogen-bond donors (Lipinski definition) is 2. The highest BCUT2D eigenvalue weighted by molar-refractivity contribution is 4.97. The SMILES string of the molecule is CCNC(c1ncn[nH]1)C1CC(C)CC(C)C1. The molecule has 0 bridgehead atoms. The minimum absolute atomic E-state index is 0.340. The van der Waals surface area contributed by atoms with Gasteiger partial charge in [-0.3, -0.25) is 5.10 Å². The Bertz CT molecular complexity index is 312.